The van der Waals surface area contributed by atoms with Crippen LogP contribution in [0.15, 0.2) is 29.3 Å². The summed E-state index contributed by atoms with van der Waals surface area (Å²) >= 11 is 6.01. The second-order valence-electron chi connectivity index (χ2n) is 4.68. The number of rotatable bonds is 7. The molecule has 0 atom stereocenters. The van der Waals surface area contributed by atoms with Crippen molar-refractivity contribution in [3.05, 3.63) is 34.9 Å². The number of amidine groups is 1. The van der Waals surface area contributed by atoms with E-state index in [2.05, 4.69) is 17.2 Å². The fraction of sp³-hybridized carbons (Fsp3) is 0.500. The highest BCUT2D eigenvalue weighted by Gasteiger charge is 2.12. The number of halogens is 1. The molecule has 0 fully saturated rings. The van der Waals surface area contributed by atoms with Crippen molar-refractivity contribution in [2.75, 3.05) is 13.2 Å². The smallest absolute Gasteiger partial charge is 0.291 e. The third-order valence-electron chi connectivity index (χ3n) is 2.80. The van der Waals surface area contributed by atoms with E-state index >= 15 is 0 Å². The summed E-state index contributed by atoms with van der Waals surface area (Å²) in [5.41, 5.74) is 0.417. The van der Waals surface area contributed by atoms with Crippen molar-refractivity contribution in [1.82, 2.24) is 5.32 Å². The Hall–Kier alpha value is -1.55. The van der Waals surface area contributed by atoms with Gasteiger partial charge in [0.25, 0.3) is 11.9 Å². The van der Waals surface area contributed by atoms with Crippen LogP contribution >= 0.6 is 11.6 Å². The summed E-state index contributed by atoms with van der Waals surface area (Å²) in [5.74, 6) is -0.300. The van der Waals surface area contributed by atoms with E-state index in [1.807, 2.05) is 6.92 Å². The molecule has 21 heavy (non-hydrogen) atoms. The van der Waals surface area contributed by atoms with Crippen LogP contribution < -0.4 is 5.32 Å². The van der Waals surface area contributed by atoms with Gasteiger partial charge in [-0.1, -0.05) is 50.4 Å². The first-order valence-electron chi connectivity index (χ1n) is 7.42. The molecule has 0 aromatic heterocycles. The molecule has 1 rings (SSSR count). The molecular formula is C16H23ClN2O2. The molecule has 0 saturated carbocycles. The van der Waals surface area contributed by atoms with Crippen molar-refractivity contribution < 1.29 is 9.53 Å². The molecule has 0 aliphatic heterocycles. The number of amides is 1. The normalized spacial score (nSPS) is 11.3. The Morgan fingerprint density at radius 3 is 2.67 bits per heavy atom. The summed E-state index contributed by atoms with van der Waals surface area (Å²) in [6.45, 7) is 5.31. The average molecular weight is 311 g/mol. The molecule has 0 saturated heterocycles. The number of hydrogen-bond donors (Lipinski definition) is 1. The molecule has 1 N–H and O–H groups in total. The van der Waals surface area contributed by atoms with Crippen molar-refractivity contribution in [3.8, 4) is 0 Å². The molecule has 5 heteroatoms. The fourth-order valence-electron chi connectivity index (χ4n) is 1.67. The number of carbonyl (C=O) groups excluding carboxylic acids is 1. The SMILES string of the molecule is CCCCCN=C(NC(=O)c1ccccc1Cl)OCCC. The van der Waals surface area contributed by atoms with Crippen LogP contribution in [0.25, 0.3) is 0 Å². The zero-order chi connectivity index (χ0) is 15.5. The van der Waals surface area contributed by atoms with E-state index in [0.29, 0.717) is 23.7 Å². The average Bonchev–Trinajstić information content (AvgIpc) is 2.49. The Morgan fingerprint density at radius 2 is 2.00 bits per heavy atom. The van der Waals surface area contributed by atoms with Gasteiger partial charge in [0.2, 0.25) is 0 Å². The molecule has 116 valence electrons. The van der Waals surface area contributed by atoms with E-state index in [-0.39, 0.29) is 11.9 Å². The summed E-state index contributed by atoms with van der Waals surface area (Å²) in [6.07, 6.45) is 4.09. The largest absolute Gasteiger partial charge is 0.465 e. The predicted octanol–water partition coefficient (Wildman–Crippen LogP) is 4.04. The van der Waals surface area contributed by atoms with Crippen molar-refractivity contribution in [2.24, 2.45) is 4.99 Å². The number of nitrogens with one attached hydrogen (secondary N) is 1. The topological polar surface area (TPSA) is 50.7 Å². The Kier molecular flexibility index (Phi) is 8.51. The lowest BCUT2D eigenvalue weighted by atomic mass is 10.2. The van der Waals surface area contributed by atoms with Crippen LogP contribution in [0.1, 0.15) is 49.9 Å². The van der Waals surface area contributed by atoms with Gasteiger partial charge in [-0.25, -0.2) is 4.99 Å². The molecular weight excluding hydrogens is 288 g/mol. The molecule has 1 aromatic carbocycles. The minimum absolute atomic E-state index is 0.276. The predicted molar refractivity (Wildman–Crippen MR) is 87.0 cm³/mol. The zero-order valence-corrected chi connectivity index (χ0v) is 13.4. The number of carbonyl (C=O) groups is 1. The maximum atomic E-state index is 12.2. The van der Waals surface area contributed by atoms with Gasteiger partial charge in [-0.3, -0.25) is 10.1 Å². The lowest BCUT2D eigenvalue weighted by Gasteiger charge is -2.10. The van der Waals surface area contributed by atoms with Gasteiger partial charge in [0.05, 0.1) is 17.2 Å². The molecule has 0 radical (unpaired) electrons. The Bertz CT molecular complexity index is 475. The second kappa shape index (κ2) is 10.2. The molecule has 4 nitrogen and oxygen atoms in total. The van der Waals surface area contributed by atoms with Crippen molar-refractivity contribution in [1.29, 1.82) is 0 Å². The number of nitrogens with zero attached hydrogens (tertiary/aromatic N) is 1. The van der Waals surface area contributed by atoms with Crippen LogP contribution in [0.5, 0.6) is 0 Å². The van der Waals surface area contributed by atoms with E-state index in [0.717, 1.165) is 25.7 Å². The number of unbranched alkanes of at least 4 members (excludes halogenated alkanes) is 2. The minimum atomic E-state index is -0.300. The van der Waals surface area contributed by atoms with Crippen molar-refractivity contribution in [2.45, 2.75) is 39.5 Å². The van der Waals surface area contributed by atoms with E-state index in [1.165, 1.54) is 0 Å². The van der Waals surface area contributed by atoms with Crippen molar-refractivity contribution >= 4 is 23.5 Å². The zero-order valence-electron chi connectivity index (χ0n) is 12.7. The third-order valence-corrected chi connectivity index (χ3v) is 3.13. The summed E-state index contributed by atoms with van der Waals surface area (Å²) in [7, 11) is 0. The first-order chi connectivity index (χ1) is 10.2. The Balaban J connectivity index is 2.66. The standard InChI is InChI=1S/C16H23ClN2O2/c1-3-5-8-11-18-16(21-12-4-2)19-15(20)13-9-6-7-10-14(13)17/h6-7,9-10H,3-5,8,11-12H2,1-2H3,(H,18,19,20). The Morgan fingerprint density at radius 1 is 1.24 bits per heavy atom. The fourth-order valence-corrected chi connectivity index (χ4v) is 1.89. The highest BCUT2D eigenvalue weighted by molar-refractivity contribution is 6.34. The lowest BCUT2D eigenvalue weighted by molar-refractivity contribution is 0.0965. The van der Waals surface area contributed by atoms with E-state index in [4.69, 9.17) is 16.3 Å². The summed E-state index contributed by atoms with van der Waals surface area (Å²) in [5, 5.41) is 3.10. The monoisotopic (exact) mass is 310 g/mol. The number of benzene rings is 1. The van der Waals surface area contributed by atoms with Crippen molar-refractivity contribution in [3.63, 3.8) is 0 Å². The van der Waals surface area contributed by atoms with Gasteiger partial charge in [0, 0.05) is 6.54 Å². The summed E-state index contributed by atoms with van der Waals surface area (Å²) < 4.78 is 5.48. The minimum Gasteiger partial charge on any atom is -0.465 e. The van der Waals surface area contributed by atoms with Gasteiger partial charge < -0.3 is 4.74 Å². The highest BCUT2D eigenvalue weighted by atomic mass is 35.5. The Labute approximate surface area is 131 Å². The van der Waals surface area contributed by atoms with Gasteiger partial charge >= 0.3 is 0 Å². The van der Waals surface area contributed by atoms with Crippen LogP contribution in [0.3, 0.4) is 0 Å². The number of hydrogen-bond acceptors (Lipinski definition) is 3. The molecule has 0 aliphatic rings. The first-order valence-corrected chi connectivity index (χ1v) is 7.80. The molecule has 0 spiro atoms. The van der Waals surface area contributed by atoms with Gasteiger partial charge in [-0.05, 0) is 25.0 Å². The van der Waals surface area contributed by atoms with Gasteiger partial charge in [0.1, 0.15) is 0 Å². The molecule has 0 heterocycles. The number of ether oxygens (including phenoxy) is 1. The number of aliphatic imine (C=N–C) groups is 1. The maximum Gasteiger partial charge on any atom is 0.291 e. The second-order valence-corrected chi connectivity index (χ2v) is 5.08. The van der Waals surface area contributed by atoms with E-state index < -0.39 is 0 Å². The maximum absolute atomic E-state index is 12.2. The lowest BCUT2D eigenvalue weighted by Crippen LogP contribution is -2.33. The first kappa shape index (κ1) is 17.5. The summed E-state index contributed by atoms with van der Waals surface area (Å²) in [6, 6.07) is 7.18. The van der Waals surface area contributed by atoms with Crippen LogP contribution in [0.4, 0.5) is 0 Å². The highest BCUT2D eigenvalue weighted by Crippen LogP contribution is 2.14. The quantitative estimate of drug-likeness (QED) is 0.469. The molecule has 0 unspecified atom stereocenters. The molecule has 1 aromatic rings. The van der Waals surface area contributed by atoms with Crippen LogP contribution in [-0.2, 0) is 4.74 Å². The van der Waals surface area contributed by atoms with Gasteiger partial charge in [-0.2, -0.15) is 0 Å². The molecule has 1 amide bonds. The molecule has 0 bridgehead atoms. The van der Waals surface area contributed by atoms with E-state index in [1.54, 1.807) is 24.3 Å². The summed E-state index contributed by atoms with van der Waals surface area (Å²) in [4.78, 5) is 16.5. The van der Waals surface area contributed by atoms with Crippen LogP contribution in [0.2, 0.25) is 5.02 Å². The van der Waals surface area contributed by atoms with Crippen LogP contribution in [-0.4, -0.2) is 25.1 Å². The van der Waals surface area contributed by atoms with Gasteiger partial charge in [0.15, 0.2) is 0 Å². The molecule has 0 aliphatic carbocycles. The van der Waals surface area contributed by atoms with Crippen LogP contribution in [0, 0.1) is 0 Å². The third kappa shape index (κ3) is 6.63. The van der Waals surface area contributed by atoms with Gasteiger partial charge in [-0.15, -0.1) is 0 Å². The van der Waals surface area contributed by atoms with E-state index in [9.17, 15) is 4.79 Å².